The second kappa shape index (κ2) is 3.73. The van der Waals surface area contributed by atoms with Gasteiger partial charge in [-0.1, -0.05) is 11.3 Å². The highest BCUT2D eigenvalue weighted by Crippen LogP contribution is 2.17. The van der Waals surface area contributed by atoms with Gasteiger partial charge in [0.15, 0.2) is 0 Å². The van der Waals surface area contributed by atoms with Gasteiger partial charge in [0.1, 0.15) is 0 Å². The second-order valence-corrected chi connectivity index (χ2v) is 3.45. The summed E-state index contributed by atoms with van der Waals surface area (Å²) in [6.45, 7) is 3.71. The molecule has 0 atom stereocenters. The molecule has 0 radical (unpaired) electrons. The lowest BCUT2D eigenvalue weighted by Crippen LogP contribution is -2.00. The molecule has 6 nitrogen and oxygen atoms in total. The van der Waals surface area contributed by atoms with Crippen molar-refractivity contribution < 1.29 is 4.92 Å². The fraction of sp³-hybridized carbons (Fsp3) is 0.200. The van der Waals surface area contributed by atoms with E-state index >= 15 is 0 Å². The van der Waals surface area contributed by atoms with Crippen LogP contribution in [0.25, 0.3) is 5.69 Å². The summed E-state index contributed by atoms with van der Waals surface area (Å²) in [6.07, 6.45) is 0. The Morgan fingerprint density at radius 2 is 2.12 bits per heavy atom. The highest BCUT2D eigenvalue weighted by atomic mass is 16.6. The first-order chi connectivity index (χ1) is 7.59. The molecule has 16 heavy (non-hydrogen) atoms. The number of nitro benzene ring substituents is 1. The van der Waals surface area contributed by atoms with E-state index < -0.39 is 4.92 Å². The molecule has 0 amide bonds. The molecule has 1 heterocycles. The molecule has 2 rings (SSSR count). The van der Waals surface area contributed by atoms with Gasteiger partial charge in [0.25, 0.3) is 5.69 Å². The van der Waals surface area contributed by atoms with Crippen molar-refractivity contribution >= 4 is 5.69 Å². The molecule has 0 N–H and O–H groups in total. The Balaban J connectivity index is 2.52. The molecule has 0 aliphatic rings. The molecular formula is C10H10N4O2. The van der Waals surface area contributed by atoms with Gasteiger partial charge in [-0.3, -0.25) is 10.1 Å². The van der Waals surface area contributed by atoms with E-state index in [4.69, 9.17) is 0 Å². The van der Waals surface area contributed by atoms with Gasteiger partial charge < -0.3 is 0 Å². The first-order valence-electron chi connectivity index (χ1n) is 4.73. The van der Waals surface area contributed by atoms with Crippen LogP contribution in [0.5, 0.6) is 0 Å². The third kappa shape index (κ3) is 1.65. The number of rotatable bonds is 2. The maximum atomic E-state index is 10.6. The fourth-order valence-electron chi connectivity index (χ4n) is 1.39. The Labute approximate surface area is 91.7 Å². The second-order valence-electron chi connectivity index (χ2n) is 3.45. The van der Waals surface area contributed by atoms with Crippen molar-refractivity contribution in [2.24, 2.45) is 0 Å². The molecule has 0 spiro atoms. The number of hydrogen-bond acceptors (Lipinski definition) is 4. The van der Waals surface area contributed by atoms with E-state index in [-0.39, 0.29) is 5.69 Å². The third-order valence-electron chi connectivity index (χ3n) is 2.41. The molecule has 0 aliphatic carbocycles. The molecule has 82 valence electrons. The van der Waals surface area contributed by atoms with E-state index in [0.717, 1.165) is 11.4 Å². The van der Waals surface area contributed by atoms with Crippen molar-refractivity contribution in [3.05, 3.63) is 45.8 Å². The average molecular weight is 218 g/mol. The molecular weight excluding hydrogens is 208 g/mol. The quantitative estimate of drug-likeness (QED) is 0.569. The van der Waals surface area contributed by atoms with Crippen LogP contribution in [0.3, 0.4) is 0 Å². The predicted molar refractivity (Wildman–Crippen MR) is 57.5 cm³/mol. The van der Waals surface area contributed by atoms with Crippen LogP contribution in [0, 0.1) is 24.0 Å². The Kier molecular flexibility index (Phi) is 2.40. The molecule has 0 saturated heterocycles. The van der Waals surface area contributed by atoms with Gasteiger partial charge in [-0.25, -0.2) is 4.68 Å². The van der Waals surface area contributed by atoms with Crippen LogP contribution < -0.4 is 0 Å². The lowest BCUT2D eigenvalue weighted by atomic mass is 10.2. The SMILES string of the molecule is Cc1nnn(-c2cccc([N+](=O)[O-])c2)c1C. The molecule has 0 fully saturated rings. The van der Waals surface area contributed by atoms with Crippen LogP contribution >= 0.6 is 0 Å². The summed E-state index contributed by atoms with van der Waals surface area (Å²) in [6, 6.07) is 6.31. The van der Waals surface area contributed by atoms with Crippen molar-refractivity contribution in [3.8, 4) is 5.69 Å². The van der Waals surface area contributed by atoms with E-state index in [1.165, 1.54) is 12.1 Å². The maximum absolute atomic E-state index is 10.6. The van der Waals surface area contributed by atoms with Gasteiger partial charge in [-0.2, -0.15) is 0 Å². The van der Waals surface area contributed by atoms with Crippen LogP contribution in [0.1, 0.15) is 11.4 Å². The number of aryl methyl sites for hydroxylation is 1. The van der Waals surface area contributed by atoms with Crippen molar-refractivity contribution in [1.82, 2.24) is 15.0 Å². The molecule has 1 aromatic heterocycles. The summed E-state index contributed by atoms with van der Waals surface area (Å²) in [5.74, 6) is 0. The molecule has 0 bridgehead atoms. The van der Waals surface area contributed by atoms with E-state index in [0.29, 0.717) is 5.69 Å². The summed E-state index contributed by atoms with van der Waals surface area (Å²) < 4.78 is 1.59. The largest absolute Gasteiger partial charge is 0.271 e. The minimum absolute atomic E-state index is 0.0463. The summed E-state index contributed by atoms with van der Waals surface area (Å²) in [4.78, 5) is 10.2. The molecule has 0 saturated carbocycles. The Hall–Kier alpha value is -2.24. The number of hydrogen-bond donors (Lipinski definition) is 0. The summed E-state index contributed by atoms with van der Waals surface area (Å²) in [5.41, 5.74) is 2.38. The zero-order valence-corrected chi connectivity index (χ0v) is 8.91. The average Bonchev–Trinajstić information content (AvgIpc) is 2.60. The minimum atomic E-state index is -0.428. The van der Waals surface area contributed by atoms with Gasteiger partial charge in [-0.15, -0.1) is 5.10 Å². The lowest BCUT2D eigenvalue weighted by Gasteiger charge is -2.02. The maximum Gasteiger partial charge on any atom is 0.271 e. The standard InChI is InChI=1S/C10H10N4O2/c1-7-8(2)13(12-11-7)9-4-3-5-10(6-9)14(15)16/h3-6H,1-2H3. The van der Waals surface area contributed by atoms with Crippen LogP contribution in [0.4, 0.5) is 5.69 Å². The van der Waals surface area contributed by atoms with Crippen molar-refractivity contribution in [1.29, 1.82) is 0 Å². The first kappa shape index (κ1) is 10.3. The Morgan fingerprint density at radius 1 is 1.38 bits per heavy atom. The van der Waals surface area contributed by atoms with Crippen molar-refractivity contribution in [3.63, 3.8) is 0 Å². The van der Waals surface area contributed by atoms with Gasteiger partial charge in [0.2, 0.25) is 0 Å². The highest BCUT2D eigenvalue weighted by molar-refractivity contribution is 5.43. The Morgan fingerprint density at radius 3 is 2.69 bits per heavy atom. The normalized spacial score (nSPS) is 10.4. The van der Waals surface area contributed by atoms with Crippen LogP contribution in [-0.2, 0) is 0 Å². The van der Waals surface area contributed by atoms with E-state index in [9.17, 15) is 10.1 Å². The van der Waals surface area contributed by atoms with Crippen LogP contribution in [0.2, 0.25) is 0 Å². The smallest absolute Gasteiger partial charge is 0.258 e. The van der Waals surface area contributed by atoms with Crippen molar-refractivity contribution in [2.45, 2.75) is 13.8 Å². The molecule has 2 aromatic rings. The van der Waals surface area contributed by atoms with Crippen LogP contribution in [0.15, 0.2) is 24.3 Å². The van der Waals surface area contributed by atoms with Crippen LogP contribution in [-0.4, -0.2) is 19.9 Å². The summed E-state index contributed by atoms with van der Waals surface area (Å²) in [7, 11) is 0. The lowest BCUT2D eigenvalue weighted by molar-refractivity contribution is -0.384. The van der Waals surface area contributed by atoms with Crippen molar-refractivity contribution in [2.75, 3.05) is 0 Å². The summed E-state index contributed by atoms with van der Waals surface area (Å²) >= 11 is 0. The van der Waals surface area contributed by atoms with E-state index in [1.807, 2.05) is 13.8 Å². The monoisotopic (exact) mass is 218 g/mol. The van der Waals surface area contributed by atoms with Gasteiger partial charge in [-0.05, 0) is 19.9 Å². The van der Waals surface area contributed by atoms with Gasteiger partial charge in [0.05, 0.1) is 22.0 Å². The number of nitrogens with zero attached hydrogens (tertiary/aromatic N) is 4. The zero-order valence-electron chi connectivity index (χ0n) is 8.91. The topological polar surface area (TPSA) is 73.8 Å². The molecule has 0 unspecified atom stereocenters. The molecule has 1 aromatic carbocycles. The minimum Gasteiger partial charge on any atom is -0.258 e. The highest BCUT2D eigenvalue weighted by Gasteiger charge is 2.10. The third-order valence-corrected chi connectivity index (χ3v) is 2.41. The molecule has 0 aliphatic heterocycles. The number of aromatic nitrogens is 3. The zero-order chi connectivity index (χ0) is 11.7. The fourth-order valence-corrected chi connectivity index (χ4v) is 1.39. The predicted octanol–water partition coefficient (Wildman–Crippen LogP) is 1.79. The summed E-state index contributed by atoms with van der Waals surface area (Å²) in [5, 5.41) is 18.5. The number of benzene rings is 1. The number of nitro groups is 1. The number of non-ortho nitro benzene ring substituents is 1. The molecule has 6 heteroatoms. The van der Waals surface area contributed by atoms with Gasteiger partial charge in [0, 0.05) is 12.1 Å². The van der Waals surface area contributed by atoms with Gasteiger partial charge >= 0.3 is 0 Å². The first-order valence-corrected chi connectivity index (χ1v) is 4.73. The van der Waals surface area contributed by atoms with E-state index in [1.54, 1.807) is 16.8 Å². The van der Waals surface area contributed by atoms with E-state index in [2.05, 4.69) is 10.3 Å². The Bertz CT molecular complexity index is 548.